The van der Waals surface area contributed by atoms with Gasteiger partial charge in [0.1, 0.15) is 11.3 Å². The van der Waals surface area contributed by atoms with Gasteiger partial charge in [0.05, 0.1) is 7.11 Å². The molecule has 2 rings (SSSR count). The van der Waals surface area contributed by atoms with Crippen LogP contribution in [0.3, 0.4) is 0 Å². The van der Waals surface area contributed by atoms with Crippen molar-refractivity contribution in [3.63, 3.8) is 0 Å². The number of aliphatic imine (C=N–C) groups is 1. The van der Waals surface area contributed by atoms with E-state index in [2.05, 4.69) is 4.99 Å². The number of ether oxygens (including phenoxy) is 1. The molecule has 0 amide bonds. The Bertz CT molecular complexity index is 443. The lowest BCUT2D eigenvalue weighted by Gasteiger charge is -2.37. The summed E-state index contributed by atoms with van der Waals surface area (Å²) < 4.78 is 5.36. The van der Waals surface area contributed by atoms with Gasteiger partial charge in [0.15, 0.2) is 0 Å². The Morgan fingerprint density at radius 2 is 2.19 bits per heavy atom. The van der Waals surface area contributed by atoms with Crippen LogP contribution >= 0.6 is 0 Å². The van der Waals surface area contributed by atoms with Crippen molar-refractivity contribution in [2.45, 2.75) is 31.7 Å². The van der Waals surface area contributed by atoms with Crippen molar-refractivity contribution < 1.29 is 9.53 Å². The van der Waals surface area contributed by atoms with Crippen LogP contribution in [-0.4, -0.2) is 13.2 Å². The topological polar surface area (TPSA) is 38.7 Å². The molecule has 0 aliphatic heterocycles. The Labute approximate surface area is 95.2 Å². The van der Waals surface area contributed by atoms with E-state index >= 15 is 0 Å². The van der Waals surface area contributed by atoms with Crippen LogP contribution in [0.5, 0.6) is 5.75 Å². The van der Waals surface area contributed by atoms with Crippen molar-refractivity contribution in [3.05, 3.63) is 29.3 Å². The number of carbonyl (C=O) groups excluding carboxylic acids is 1. The van der Waals surface area contributed by atoms with Crippen LogP contribution in [0.25, 0.3) is 0 Å². The first-order chi connectivity index (χ1) is 7.72. The van der Waals surface area contributed by atoms with Gasteiger partial charge in [0.2, 0.25) is 6.08 Å². The summed E-state index contributed by atoms with van der Waals surface area (Å²) in [5.74, 6) is 0.818. The van der Waals surface area contributed by atoms with E-state index in [1.807, 2.05) is 25.1 Å². The molecule has 84 valence electrons. The number of hydrogen-bond donors (Lipinski definition) is 0. The normalized spacial score (nSPS) is 17.1. The van der Waals surface area contributed by atoms with E-state index in [-0.39, 0.29) is 5.54 Å². The van der Waals surface area contributed by atoms with E-state index in [0.717, 1.165) is 36.1 Å². The summed E-state index contributed by atoms with van der Waals surface area (Å²) in [5, 5.41) is 0. The molecule has 1 saturated carbocycles. The lowest BCUT2D eigenvalue weighted by atomic mass is 9.72. The fourth-order valence-corrected chi connectivity index (χ4v) is 2.22. The zero-order valence-electron chi connectivity index (χ0n) is 9.62. The van der Waals surface area contributed by atoms with E-state index in [1.54, 1.807) is 13.2 Å². The zero-order valence-corrected chi connectivity index (χ0v) is 9.62. The number of hydrogen-bond acceptors (Lipinski definition) is 3. The molecule has 0 aromatic heterocycles. The van der Waals surface area contributed by atoms with Crippen molar-refractivity contribution in [1.29, 1.82) is 0 Å². The third kappa shape index (κ3) is 1.63. The number of isocyanates is 1. The van der Waals surface area contributed by atoms with Crippen molar-refractivity contribution in [2.24, 2.45) is 4.99 Å². The fourth-order valence-electron chi connectivity index (χ4n) is 2.22. The van der Waals surface area contributed by atoms with Gasteiger partial charge in [0, 0.05) is 5.56 Å². The fraction of sp³-hybridized carbons (Fsp3) is 0.462. The first-order valence-corrected chi connectivity index (χ1v) is 5.46. The number of nitrogens with zero attached hydrogens (tertiary/aromatic N) is 1. The van der Waals surface area contributed by atoms with E-state index in [1.165, 1.54) is 0 Å². The number of aryl methyl sites for hydroxylation is 1. The summed E-state index contributed by atoms with van der Waals surface area (Å²) in [6.45, 7) is 2.02. The Morgan fingerprint density at radius 3 is 2.69 bits per heavy atom. The van der Waals surface area contributed by atoms with Gasteiger partial charge in [-0.05, 0) is 37.8 Å². The molecule has 3 heteroatoms. The maximum absolute atomic E-state index is 10.5. The highest BCUT2D eigenvalue weighted by Crippen LogP contribution is 2.48. The summed E-state index contributed by atoms with van der Waals surface area (Å²) in [6.07, 6.45) is 4.60. The van der Waals surface area contributed by atoms with E-state index in [4.69, 9.17) is 4.74 Å². The smallest absolute Gasteiger partial charge is 0.235 e. The van der Waals surface area contributed by atoms with Gasteiger partial charge in [-0.15, -0.1) is 0 Å². The van der Waals surface area contributed by atoms with Crippen molar-refractivity contribution in [1.82, 2.24) is 0 Å². The van der Waals surface area contributed by atoms with Gasteiger partial charge < -0.3 is 4.74 Å². The molecule has 0 atom stereocenters. The predicted octanol–water partition coefficient (Wildman–Crippen LogP) is 2.72. The minimum Gasteiger partial charge on any atom is -0.496 e. The molecule has 0 spiro atoms. The van der Waals surface area contributed by atoms with Crippen LogP contribution in [0.15, 0.2) is 23.2 Å². The van der Waals surface area contributed by atoms with Crippen LogP contribution in [0.1, 0.15) is 30.4 Å². The molecule has 3 nitrogen and oxygen atoms in total. The number of benzene rings is 1. The van der Waals surface area contributed by atoms with Crippen molar-refractivity contribution >= 4 is 6.08 Å². The van der Waals surface area contributed by atoms with Crippen LogP contribution in [0.2, 0.25) is 0 Å². The lowest BCUT2D eigenvalue weighted by Crippen LogP contribution is -2.32. The lowest BCUT2D eigenvalue weighted by molar-refractivity contribution is 0.246. The first kappa shape index (κ1) is 10.9. The highest BCUT2D eigenvalue weighted by atomic mass is 16.5. The molecule has 0 N–H and O–H groups in total. The summed E-state index contributed by atoms with van der Waals surface area (Å²) in [6, 6.07) is 6.02. The predicted molar refractivity (Wildman–Crippen MR) is 61.4 cm³/mol. The molecule has 0 unspecified atom stereocenters. The Morgan fingerprint density at radius 1 is 1.44 bits per heavy atom. The van der Waals surface area contributed by atoms with Crippen LogP contribution in [0.4, 0.5) is 0 Å². The molecule has 0 saturated heterocycles. The summed E-state index contributed by atoms with van der Waals surface area (Å²) in [4.78, 5) is 14.5. The third-order valence-corrected chi connectivity index (χ3v) is 3.30. The van der Waals surface area contributed by atoms with Gasteiger partial charge in [-0.1, -0.05) is 12.1 Å². The zero-order chi connectivity index (χ0) is 11.6. The largest absolute Gasteiger partial charge is 0.496 e. The molecule has 0 bridgehead atoms. The third-order valence-electron chi connectivity index (χ3n) is 3.30. The number of methoxy groups -OCH3 is 1. The highest BCUT2D eigenvalue weighted by Gasteiger charge is 2.40. The summed E-state index contributed by atoms with van der Waals surface area (Å²) >= 11 is 0. The molecule has 0 radical (unpaired) electrons. The molecule has 0 heterocycles. The summed E-state index contributed by atoms with van der Waals surface area (Å²) in [5.41, 5.74) is 1.78. The van der Waals surface area contributed by atoms with Gasteiger partial charge in [0.25, 0.3) is 0 Å². The molecule has 16 heavy (non-hydrogen) atoms. The minimum atomic E-state index is -0.374. The monoisotopic (exact) mass is 217 g/mol. The summed E-state index contributed by atoms with van der Waals surface area (Å²) in [7, 11) is 1.65. The molecule has 1 aliphatic carbocycles. The minimum absolute atomic E-state index is 0.374. The molecule has 1 fully saturated rings. The highest BCUT2D eigenvalue weighted by molar-refractivity contribution is 5.46. The van der Waals surface area contributed by atoms with Gasteiger partial charge >= 0.3 is 0 Å². The average molecular weight is 217 g/mol. The standard InChI is InChI=1S/C13H15NO2/c1-10-4-5-11(12(8-10)16-2)13(14-9-15)6-3-7-13/h4-5,8H,3,6-7H2,1-2H3. The second kappa shape index (κ2) is 4.11. The molecular formula is C13H15NO2. The molecule has 1 aromatic carbocycles. The quantitative estimate of drug-likeness (QED) is 0.576. The second-order valence-corrected chi connectivity index (χ2v) is 4.29. The van der Waals surface area contributed by atoms with Gasteiger partial charge in [-0.25, -0.2) is 4.79 Å². The van der Waals surface area contributed by atoms with Crippen molar-refractivity contribution in [2.75, 3.05) is 7.11 Å². The SMILES string of the molecule is COc1cc(C)ccc1C1(N=C=O)CCC1. The second-order valence-electron chi connectivity index (χ2n) is 4.29. The van der Waals surface area contributed by atoms with Crippen LogP contribution in [0, 0.1) is 6.92 Å². The Balaban J connectivity index is 2.49. The Hall–Kier alpha value is -1.60. The first-order valence-electron chi connectivity index (χ1n) is 5.46. The number of rotatable bonds is 3. The van der Waals surface area contributed by atoms with Gasteiger partial charge in [-0.3, -0.25) is 0 Å². The van der Waals surface area contributed by atoms with Crippen LogP contribution in [-0.2, 0) is 10.3 Å². The Kier molecular flexibility index (Phi) is 2.80. The van der Waals surface area contributed by atoms with Crippen molar-refractivity contribution in [3.8, 4) is 5.75 Å². The maximum Gasteiger partial charge on any atom is 0.235 e. The van der Waals surface area contributed by atoms with E-state index in [9.17, 15) is 4.79 Å². The van der Waals surface area contributed by atoms with E-state index in [0.29, 0.717) is 0 Å². The van der Waals surface area contributed by atoms with Gasteiger partial charge in [-0.2, -0.15) is 4.99 Å². The van der Waals surface area contributed by atoms with Crippen LogP contribution < -0.4 is 4.74 Å². The molecular weight excluding hydrogens is 202 g/mol. The van der Waals surface area contributed by atoms with E-state index < -0.39 is 0 Å². The molecule has 1 aliphatic rings. The maximum atomic E-state index is 10.5. The molecule has 1 aromatic rings. The average Bonchev–Trinajstić information content (AvgIpc) is 2.24.